The molecule has 8 heteroatoms. The first-order valence-corrected chi connectivity index (χ1v) is 9.85. The molecule has 0 unspecified atom stereocenters. The Morgan fingerprint density at radius 3 is 1.79 bits per heavy atom. The summed E-state index contributed by atoms with van der Waals surface area (Å²) < 4.78 is 10.2. The molecule has 0 bridgehead atoms. The highest BCUT2D eigenvalue weighted by Gasteiger charge is 2.16. The van der Waals surface area contributed by atoms with Gasteiger partial charge < -0.3 is 25.2 Å². The van der Waals surface area contributed by atoms with Crippen molar-refractivity contribution >= 4 is 29.5 Å². The van der Waals surface area contributed by atoms with E-state index in [-0.39, 0.29) is 11.3 Å². The van der Waals surface area contributed by atoms with Crippen LogP contribution in [0.4, 0.5) is 5.69 Å². The second-order valence-electron chi connectivity index (χ2n) is 6.85. The summed E-state index contributed by atoms with van der Waals surface area (Å²) in [6.45, 7) is 0. The number of hydrogen-bond acceptors (Lipinski definition) is 5. The maximum absolute atomic E-state index is 13.0. The molecular weight excluding hydrogens is 424 g/mol. The van der Waals surface area contributed by atoms with Crippen LogP contribution in [0.3, 0.4) is 0 Å². The molecule has 33 heavy (non-hydrogen) atoms. The van der Waals surface area contributed by atoms with Crippen molar-refractivity contribution in [1.82, 2.24) is 5.32 Å². The van der Waals surface area contributed by atoms with Gasteiger partial charge in [-0.1, -0.05) is 12.1 Å². The Labute approximate surface area is 190 Å². The topological polar surface area (TPSA) is 114 Å². The van der Waals surface area contributed by atoms with Crippen LogP contribution in [-0.4, -0.2) is 37.1 Å². The molecule has 168 valence electrons. The SMILES string of the molecule is COc1ccc(/C=C(\NC(=O)c2ccc(OC)cc2)C(=O)Nc2ccc(C(=O)O)cc2)cc1. The Bertz CT molecular complexity index is 1170. The highest BCUT2D eigenvalue weighted by Crippen LogP contribution is 2.16. The van der Waals surface area contributed by atoms with Gasteiger partial charge in [0.15, 0.2) is 0 Å². The van der Waals surface area contributed by atoms with Crippen molar-refractivity contribution in [2.24, 2.45) is 0 Å². The van der Waals surface area contributed by atoms with Crippen LogP contribution in [0.2, 0.25) is 0 Å². The smallest absolute Gasteiger partial charge is 0.335 e. The van der Waals surface area contributed by atoms with Gasteiger partial charge in [-0.05, 0) is 72.3 Å². The zero-order valence-electron chi connectivity index (χ0n) is 18.0. The third-order valence-electron chi connectivity index (χ3n) is 4.66. The summed E-state index contributed by atoms with van der Waals surface area (Å²) in [4.78, 5) is 36.8. The van der Waals surface area contributed by atoms with Crippen LogP contribution in [0.25, 0.3) is 6.08 Å². The highest BCUT2D eigenvalue weighted by molar-refractivity contribution is 6.10. The quantitative estimate of drug-likeness (QED) is 0.454. The lowest BCUT2D eigenvalue weighted by molar-refractivity contribution is -0.113. The van der Waals surface area contributed by atoms with Gasteiger partial charge in [0, 0.05) is 11.3 Å². The molecule has 8 nitrogen and oxygen atoms in total. The summed E-state index contributed by atoms with van der Waals surface area (Å²) in [6, 6.07) is 19.1. The Balaban J connectivity index is 1.86. The van der Waals surface area contributed by atoms with Crippen molar-refractivity contribution in [1.29, 1.82) is 0 Å². The zero-order chi connectivity index (χ0) is 23.8. The fourth-order valence-electron chi connectivity index (χ4n) is 2.86. The van der Waals surface area contributed by atoms with Gasteiger partial charge in [0.2, 0.25) is 0 Å². The van der Waals surface area contributed by atoms with E-state index in [1.165, 1.54) is 37.5 Å². The lowest BCUT2D eigenvalue weighted by Gasteiger charge is -2.12. The molecule has 2 amide bonds. The number of aromatic carboxylic acids is 1. The van der Waals surface area contributed by atoms with Gasteiger partial charge in [-0.15, -0.1) is 0 Å². The Hall–Kier alpha value is -4.59. The summed E-state index contributed by atoms with van der Waals surface area (Å²) in [7, 11) is 3.08. The second kappa shape index (κ2) is 10.6. The molecule has 0 spiro atoms. The Morgan fingerprint density at radius 2 is 1.27 bits per heavy atom. The van der Waals surface area contributed by atoms with Gasteiger partial charge in [-0.25, -0.2) is 4.79 Å². The Kier molecular flexibility index (Phi) is 7.43. The van der Waals surface area contributed by atoms with Crippen LogP contribution >= 0.6 is 0 Å². The first kappa shape index (κ1) is 23.1. The number of amides is 2. The third kappa shape index (κ3) is 6.20. The monoisotopic (exact) mass is 446 g/mol. The largest absolute Gasteiger partial charge is 0.497 e. The normalized spacial score (nSPS) is 10.8. The molecule has 0 saturated carbocycles. The predicted molar refractivity (Wildman–Crippen MR) is 123 cm³/mol. The molecule has 0 aliphatic heterocycles. The zero-order valence-corrected chi connectivity index (χ0v) is 18.0. The summed E-state index contributed by atoms with van der Waals surface area (Å²) in [5.41, 5.74) is 1.48. The molecule has 0 fully saturated rings. The molecule has 0 radical (unpaired) electrons. The van der Waals surface area contributed by atoms with Crippen molar-refractivity contribution in [2.75, 3.05) is 19.5 Å². The molecule has 3 aromatic carbocycles. The third-order valence-corrected chi connectivity index (χ3v) is 4.66. The summed E-state index contributed by atoms with van der Waals surface area (Å²) in [5, 5.41) is 14.3. The summed E-state index contributed by atoms with van der Waals surface area (Å²) in [5.74, 6) is -0.869. The summed E-state index contributed by atoms with van der Waals surface area (Å²) >= 11 is 0. The number of nitrogens with one attached hydrogen (secondary N) is 2. The minimum atomic E-state index is -1.07. The molecule has 0 saturated heterocycles. The fraction of sp³-hybridized carbons (Fsp3) is 0.0800. The number of carbonyl (C=O) groups is 3. The summed E-state index contributed by atoms with van der Waals surface area (Å²) in [6.07, 6.45) is 1.53. The van der Waals surface area contributed by atoms with Crippen LogP contribution in [0.1, 0.15) is 26.3 Å². The molecule has 0 atom stereocenters. The van der Waals surface area contributed by atoms with Crippen LogP contribution in [0.15, 0.2) is 78.5 Å². The van der Waals surface area contributed by atoms with Crippen molar-refractivity contribution in [3.63, 3.8) is 0 Å². The van der Waals surface area contributed by atoms with Crippen LogP contribution in [0.5, 0.6) is 11.5 Å². The van der Waals surface area contributed by atoms with E-state index in [1.54, 1.807) is 55.6 Å². The van der Waals surface area contributed by atoms with Gasteiger partial charge in [-0.3, -0.25) is 9.59 Å². The average molecular weight is 446 g/mol. The first-order chi connectivity index (χ1) is 15.9. The van der Waals surface area contributed by atoms with E-state index in [2.05, 4.69) is 10.6 Å². The van der Waals surface area contributed by atoms with E-state index in [0.29, 0.717) is 28.3 Å². The number of rotatable bonds is 8. The lowest BCUT2D eigenvalue weighted by Crippen LogP contribution is -2.30. The minimum Gasteiger partial charge on any atom is -0.497 e. The van der Waals surface area contributed by atoms with E-state index in [4.69, 9.17) is 14.6 Å². The molecular formula is C25H22N2O6. The van der Waals surface area contributed by atoms with Crippen molar-refractivity contribution < 1.29 is 29.0 Å². The van der Waals surface area contributed by atoms with E-state index in [0.717, 1.165) is 0 Å². The van der Waals surface area contributed by atoms with Gasteiger partial charge in [0.05, 0.1) is 19.8 Å². The number of carboxylic acids is 1. The van der Waals surface area contributed by atoms with Gasteiger partial charge in [0.25, 0.3) is 11.8 Å². The Morgan fingerprint density at radius 1 is 0.758 bits per heavy atom. The molecule has 0 aliphatic carbocycles. The molecule has 3 aromatic rings. The van der Waals surface area contributed by atoms with E-state index < -0.39 is 17.8 Å². The minimum absolute atomic E-state index is 0.00305. The molecule has 0 aromatic heterocycles. The van der Waals surface area contributed by atoms with E-state index in [9.17, 15) is 14.4 Å². The number of benzene rings is 3. The van der Waals surface area contributed by atoms with Crippen molar-refractivity contribution in [2.45, 2.75) is 0 Å². The van der Waals surface area contributed by atoms with Crippen LogP contribution in [0, 0.1) is 0 Å². The van der Waals surface area contributed by atoms with Crippen LogP contribution < -0.4 is 20.1 Å². The maximum Gasteiger partial charge on any atom is 0.335 e. The molecule has 0 heterocycles. The van der Waals surface area contributed by atoms with E-state index >= 15 is 0 Å². The second-order valence-corrected chi connectivity index (χ2v) is 6.85. The van der Waals surface area contributed by atoms with Gasteiger partial charge in [-0.2, -0.15) is 0 Å². The van der Waals surface area contributed by atoms with Gasteiger partial charge in [0.1, 0.15) is 17.2 Å². The molecule has 3 rings (SSSR count). The number of carbonyl (C=O) groups excluding carboxylic acids is 2. The number of carboxylic acid groups (broad SMARTS) is 1. The first-order valence-electron chi connectivity index (χ1n) is 9.85. The average Bonchev–Trinajstić information content (AvgIpc) is 2.84. The fourth-order valence-corrected chi connectivity index (χ4v) is 2.86. The van der Waals surface area contributed by atoms with E-state index in [1.807, 2.05) is 0 Å². The number of methoxy groups -OCH3 is 2. The maximum atomic E-state index is 13.0. The van der Waals surface area contributed by atoms with Crippen LogP contribution in [-0.2, 0) is 4.79 Å². The van der Waals surface area contributed by atoms with Gasteiger partial charge >= 0.3 is 5.97 Å². The highest BCUT2D eigenvalue weighted by atomic mass is 16.5. The molecule has 3 N–H and O–H groups in total. The van der Waals surface area contributed by atoms with Crippen molar-refractivity contribution in [3.05, 3.63) is 95.2 Å². The number of ether oxygens (including phenoxy) is 2. The standard InChI is InChI=1S/C25H22N2O6/c1-32-20-11-3-16(4-12-20)15-22(27-23(28)17-7-13-21(33-2)14-8-17)24(29)26-19-9-5-18(6-10-19)25(30)31/h3-15H,1-2H3,(H,26,29)(H,27,28)(H,30,31)/b22-15-. The van der Waals surface area contributed by atoms with Crippen molar-refractivity contribution in [3.8, 4) is 11.5 Å². The lowest BCUT2D eigenvalue weighted by atomic mass is 10.1. The number of hydrogen-bond donors (Lipinski definition) is 3. The number of anilines is 1. The predicted octanol–water partition coefficient (Wildman–Crippen LogP) is 3.81. The molecule has 0 aliphatic rings.